The first-order valence-electron chi connectivity index (χ1n) is 8.54. The van der Waals surface area contributed by atoms with Crippen molar-refractivity contribution in [1.82, 2.24) is 0 Å². The van der Waals surface area contributed by atoms with Gasteiger partial charge in [-0.25, -0.2) is 9.29 Å². The molecule has 1 aromatic carbocycles. The zero-order chi connectivity index (χ0) is 19.3. The Hall–Kier alpha value is -3.23. The molecule has 8 nitrogen and oxygen atoms in total. The molecular weight excluding hydrogens is 357 g/mol. The van der Waals surface area contributed by atoms with Crippen LogP contribution in [0.5, 0.6) is 5.75 Å². The molecule has 0 saturated heterocycles. The summed E-state index contributed by atoms with van der Waals surface area (Å²) in [4.78, 5) is 50.6. The van der Waals surface area contributed by atoms with Gasteiger partial charge in [-0.15, -0.1) is 0 Å². The number of anilines is 2. The summed E-state index contributed by atoms with van der Waals surface area (Å²) in [6.07, 6.45) is 2.57. The van der Waals surface area contributed by atoms with Gasteiger partial charge < -0.3 is 10.5 Å². The Bertz CT molecular complexity index is 911. The minimum atomic E-state index is -0.830. The maximum atomic E-state index is 14.7. The predicted octanol–water partition coefficient (Wildman–Crippen LogP) is 0.780. The molecule has 0 spiro atoms. The molecule has 27 heavy (non-hydrogen) atoms. The van der Waals surface area contributed by atoms with E-state index in [1.165, 1.54) is 6.07 Å². The second-order valence-electron chi connectivity index (χ2n) is 6.62. The van der Waals surface area contributed by atoms with Gasteiger partial charge in [0, 0.05) is 17.2 Å². The monoisotopic (exact) mass is 373 g/mol. The van der Waals surface area contributed by atoms with Crippen molar-refractivity contribution in [3.63, 3.8) is 0 Å². The molecule has 2 aliphatic heterocycles. The Balaban J connectivity index is 1.78. The van der Waals surface area contributed by atoms with Crippen molar-refractivity contribution in [2.24, 2.45) is 5.73 Å². The summed E-state index contributed by atoms with van der Waals surface area (Å²) >= 11 is 0. The fourth-order valence-corrected chi connectivity index (χ4v) is 3.67. The molecule has 0 atom stereocenters. The van der Waals surface area contributed by atoms with Crippen LogP contribution in [0.25, 0.3) is 0 Å². The number of nitrogens with two attached hydrogens (primary N) is 1. The molecule has 4 rings (SSSR count). The van der Waals surface area contributed by atoms with Gasteiger partial charge in [0.05, 0.1) is 11.4 Å². The number of carbonyl (C=O) groups is 4. The molecule has 2 heterocycles. The van der Waals surface area contributed by atoms with Crippen molar-refractivity contribution in [2.75, 3.05) is 23.0 Å². The molecule has 9 heteroatoms. The summed E-state index contributed by atoms with van der Waals surface area (Å²) in [6.45, 7) is -0.784. The number of carbonyl (C=O) groups excluding carboxylic acids is 4. The molecule has 3 aliphatic rings. The Kier molecular flexibility index (Phi) is 3.94. The summed E-state index contributed by atoms with van der Waals surface area (Å²) < 4.78 is 19.9. The third kappa shape index (κ3) is 2.66. The SMILES string of the molecule is NC(=O)CN1C(=O)COc2cc(F)c(N3C(=O)C4=C(CCCC4)C3=O)cc21. The first-order valence-corrected chi connectivity index (χ1v) is 8.54. The number of benzene rings is 1. The molecule has 0 bridgehead atoms. The van der Waals surface area contributed by atoms with Gasteiger partial charge in [0.25, 0.3) is 17.7 Å². The van der Waals surface area contributed by atoms with Gasteiger partial charge in [0.1, 0.15) is 12.3 Å². The number of halogens is 1. The van der Waals surface area contributed by atoms with E-state index in [9.17, 15) is 23.6 Å². The Morgan fingerprint density at radius 3 is 2.30 bits per heavy atom. The van der Waals surface area contributed by atoms with E-state index in [1.807, 2.05) is 0 Å². The van der Waals surface area contributed by atoms with Gasteiger partial charge in [-0.3, -0.25) is 24.1 Å². The Morgan fingerprint density at radius 2 is 1.70 bits per heavy atom. The van der Waals surface area contributed by atoms with E-state index in [1.54, 1.807) is 0 Å². The van der Waals surface area contributed by atoms with E-state index in [2.05, 4.69) is 0 Å². The van der Waals surface area contributed by atoms with Crippen LogP contribution in [0, 0.1) is 5.82 Å². The topological polar surface area (TPSA) is 110 Å². The van der Waals surface area contributed by atoms with Crippen LogP contribution in [0.3, 0.4) is 0 Å². The molecular formula is C18H16FN3O5. The van der Waals surface area contributed by atoms with Gasteiger partial charge in [-0.2, -0.15) is 0 Å². The number of primary amides is 1. The van der Waals surface area contributed by atoms with Crippen LogP contribution in [0.1, 0.15) is 25.7 Å². The Labute approximate surface area is 153 Å². The lowest BCUT2D eigenvalue weighted by Crippen LogP contribution is -2.44. The van der Waals surface area contributed by atoms with Crippen LogP contribution in [-0.4, -0.2) is 36.8 Å². The lowest BCUT2D eigenvalue weighted by atomic mass is 9.93. The van der Waals surface area contributed by atoms with Crippen molar-refractivity contribution in [1.29, 1.82) is 0 Å². The van der Waals surface area contributed by atoms with Crippen molar-refractivity contribution in [3.05, 3.63) is 29.1 Å². The quantitative estimate of drug-likeness (QED) is 0.788. The second-order valence-corrected chi connectivity index (χ2v) is 6.62. The number of hydrogen-bond donors (Lipinski definition) is 1. The third-order valence-electron chi connectivity index (χ3n) is 4.92. The first kappa shape index (κ1) is 17.2. The summed E-state index contributed by atoms with van der Waals surface area (Å²) in [5.74, 6) is -3.17. The molecule has 0 fully saturated rings. The largest absolute Gasteiger partial charge is 0.481 e. The average Bonchev–Trinajstić information content (AvgIpc) is 2.88. The second kappa shape index (κ2) is 6.19. The lowest BCUT2D eigenvalue weighted by molar-refractivity contribution is -0.124. The van der Waals surface area contributed by atoms with E-state index in [0.717, 1.165) is 28.7 Å². The molecule has 0 aromatic heterocycles. The maximum Gasteiger partial charge on any atom is 0.265 e. The normalized spacial score (nSPS) is 19.2. The van der Waals surface area contributed by atoms with Gasteiger partial charge >= 0.3 is 0 Å². The van der Waals surface area contributed by atoms with E-state index >= 15 is 0 Å². The molecule has 2 N–H and O–H groups in total. The molecule has 0 radical (unpaired) electrons. The van der Waals surface area contributed by atoms with Gasteiger partial charge in [-0.1, -0.05) is 0 Å². The number of fused-ring (bicyclic) bond motifs is 1. The summed E-state index contributed by atoms with van der Waals surface area (Å²) in [5, 5.41) is 0. The summed E-state index contributed by atoms with van der Waals surface area (Å²) in [6, 6.07) is 2.18. The van der Waals surface area contributed by atoms with E-state index < -0.39 is 36.0 Å². The fourth-order valence-electron chi connectivity index (χ4n) is 3.67. The summed E-state index contributed by atoms with van der Waals surface area (Å²) in [5.41, 5.74) is 5.84. The number of amides is 4. The lowest BCUT2D eigenvalue weighted by Gasteiger charge is -2.29. The highest BCUT2D eigenvalue weighted by Gasteiger charge is 2.41. The van der Waals surface area contributed by atoms with Gasteiger partial charge in [0.15, 0.2) is 12.4 Å². The van der Waals surface area contributed by atoms with Crippen molar-refractivity contribution in [3.8, 4) is 5.75 Å². The van der Waals surface area contributed by atoms with Crippen LogP contribution >= 0.6 is 0 Å². The smallest absolute Gasteiger partial charge is 0.265 e. The number of ether oxygens (including phenoxy) is 1. The number of nitrogens with zero attached hydrogens (tertiary/aromatic N) is 2. The molecule has 1 aliphatic carbocycles. The van der Waals surface area contributed by atoms with Crippen molar-refractivity contribution in [2.45, 2.75) is 25.7 Å². The highest BCUT2D eigenvalue weighted by atomic mass is 19.1. The van der Waals surface area contributed by atoms with Gasteiger partial charge in [-0.05, 0) is 31.7 Å². The molecule has 140 valence electrons. The number of rotatable bonds is 3. The minimum absolute atomic E-state index is 0.0360. The third-order valence-corrected chi connectivity index (χ3v) is 4.92. The number of imide groups is 1. The van der Waals surface area contributed by atoms with E-state index in [0.29, 0.717) is 24.0 Å². The standard InChI is InChI=1S/C18H16FN3O5/c19-11-5-14-13(21(7-15(20)23)16(24)8-27-14)6-12(11)22-17(25)9-3-1-2-4-10(9)18(22)26/h5-6H,1-4,7-8H2,(H2,20,23). The van der Waals surface area contributed by atoms with Crippen LogP contribution in [0.4, 0.5) is 15.8 Å². The molecule has 0 unspecified atom stereocenters. The van der Waals surface area contributed by atoms with Crippen molar-refractivity contribution < 1.29 is 28.3 Å². The maximum absolute atomic E-state index is 14.7. The minimum Gasteiger partial charge on any atom is -0.481 e. The van der Waals surface area contributed by atoms with Crippen LogP contribution in [0.2, 0.25) is 0 Å². The molecule has 1 aromatic rings. The van der Waals surface area contributed by atoms with E-state index in [-0.39, 0.29) is 23.7 Å². The zero-order valence-corrected chi connectivity index (χ0v) is 14.3. The van der Waals surface area contributed by atoms with Crippen LogP contribution in [-0.2, 0) is 19.2 Å². The average molecular weight is 373 g/mol. The number of hydrogen-bond acceptors (Lipinski definition) is 5. The highest BCUT2D eigenvalue weighted by molar-refractivity contribution is 6.33. The van der Waals surface area contributed by atoms with Crippen LogP contribution < -0.4 is 20.3 Å². The zero-order valence-electron chi connectivity index (χ0n) is 14.3. The predicted molar refractivity (Wildman–Crippen MR) is 91.4 cm³/mol. The molecule has 4 amide bonds. The highest BCUT2D eigenvalue weighted by Crippen LogP contribution is 2.41. The van der Waals surface area contributed by atoms with Crippen molar-refractivity contribution >= 4 is 35.0 Å². The van der Waals surface area contributed by atoms with E-state index in [4.69, 9.17) is 10.5 Å². The first-order chi connectivity index (χ1) is 12.9. The molecule has 0 saturated carbocycles. The summed E-state index contributed by atoms with van der Waals surface area (Å²) in [7, 11) is 0. The van der Waals surface area contributed by atoms with Gasteiger partial charge in [0.2, 0.25) is 5.91 Å². The van der Waals surface area contributed by atoms with Crippen LogP contribution in [0.15, 0.2) is 23.3 Å². The Morgan fingerprint density at radius 1 is 1.07 bits per heavy atom. The fraction of sp³-hybridized carbons (Fsp3) is 0.333.